The van der Waals surface area contributed by atoms with Crippen LogP contribution in [0.2, 0.25) is 0 Å². The van der Waals surface area contributed by atoms with E-state index in [1.165, 1.54) is 25.1 Å². The molecule has 0 aliphatic heterocycles. The zero-order valence-corrected chi connectivity index (χ0v) is 22.1. The second kappa shape index (κ2) is 8.59. The molecule has 6 atom stereocenters. The molecule has 0 bridgehead atoms. The van der Waals surface area contributed by atoms with Gasteiger partial charge in [0.05, 0.1) is 28.9 Å². The smallest absolute Gasteiger partial charge is 0.235 e. The number of nitrogens with zero attached hydrogens (tertiary/aromatic N) is 3. The monoisotopic (exact) mass is 544 g/mol. The number of hydrogen-bond acceptors (Lipinski definition) is 11. The first-order valence-corrected chi connectivity index (χ1v) is 12.6. The zero-order chi connectivity index (χ0) is 29.5. The summed E-state index contributed by atoms with van der Waals surface area (Å²) >= 11 is 0. The molecule has 0 spiro atoms. The molecule has 12 heteroatoms. The van der Waals surface area contributed by atoms with E-state index in [1.54, 1.807) is 37.3 Å². The second-order valence-corrected chi connectivity index (χ2v) is 11.3. The molecule has 0 saturated heterocycles. The lowest BCUT2D eigenvalue weighted by Gasteiger charge is -2.60. The Morgan fingerprint density at radius 1 is 1.12 bits per heavy atom. The van der Waals surface area contributed by atoms with E-state index in [4.69, 9.17) is 17.2 Å². The highest BCUT2D eigenvalue weighted by Crippen LogP contribution is 2.56. The Hall–Kier alpha value is -4.31. The SMILES string of the molecule is Cc1cccc(-c2ccc(O)c3c2C[C@@]2(N)C[C@@]4(N)[C@H](N(C)C)C(=O)C(C(N)=O)C(=O)[C@@]4(C#N)C(=O)C2C3=O)n1. The summed E-state index contributed by atoms with van der Waals surface area (Å²) in [6, 6.07) is 8.41. The third-order valence-electron chi connectivity index (χ3n) is 8.64. The van der Waals surface area contributed by atoms with Gasteiger partial charge in [0.15, 0.2) is 34.5 Å². The minimum absolute atomic E-state index is 0.161. The van der Waals surface area contributed by atoms with E-state index in [9.17, 15) is 34.3 Å². The number of amides is 1. The van der Waals surface area contributed by atoms with Crippen molar-refractivity contribution in [2.45, 2.75) is 36.9 Å². The fourth-order valence-electron chi connectivity index (χ4n) is 7.14. The number of pyridine rings is 1. The first-order chi connectivity index (χ1) is 18.7. The highest BCUT2D eigenvalue weighted by atomic mass is 16.3. The number of phenolic OH excluding ortho intramolecular Hbond substituents is 1. The number of likely N-dealkylation sites (N-methyl/N-ethyl adjacent to an activating group) is 1. The largest absolute Gasteiger partial charge is 0.507 e. The van der Waals surface area contributed by atoms with E-state index in [1.807, 2.05) is 0 Å². The molecule has 5 rings (SSSR count). The molecule has 3 aliphatic rings. The topological polar surface area (TPSA) is 224 Å². The average Bonchev–Trinajstić information content (AvgIpc) is 2.83. The number of hydrogen-bond donors (Lipinski definition) is 4. The second-order valence-electron chi connectivity index (χ2n) is 11.3. The molecule has 2 unspecified atom stereocenters. The van der Waals surface area contributed by atoms with Crippen molar-refractivity contribution in [3.05, 3.63) is 47.2 Å². The number of nitriles is 1. The van der Waals surface area contributed by atoms with Gasteiger partial charge in [-0.15, -0.1) is 0 Å². The number of phenols is 1. The number of fused-ring (bicyclic) bond motifs is 3. The number of ketones is 4. The molecule has 1 aromatic carbocycles. The normalized spacial score (nSPS) is 33.2. The van der Waals surface area contributed by atoms with Crippen LogP contribution in [-0.4, -0.2) is 75.2 Å². The first-order valence-electron chi connectivity index (χ1n) is 12.6. The molecule has 1 aromatic heterocycles. The van der Waals surface area contributed by atoms with Crippen LogP contribution in [0.25, 0.3) is 11.3 Å². The van der Waals surface area contributed by atoms with E-state index in [0.717, 1.165) is 0 Å². The number of carbonyl (C=O) groups is 5. The van der Waals surface area contributed by atoms with Gasteiger partial charge in [0.25, 0.3) is 0 Å². The summed E-state index contributed by atoms with van der Waals surface area (Å²) in [5.41, 5.74) is 14.2. The van der Waals surface area contributed by atoms with Crippen LogP contribution in [0, 0.1) is 35.5 Å². The maximum Gasteiger partial charge on any atom is 0.235 e. The van der Waals surface area contributed by atoms with Gasteiger partial charge in [-0.1, -0.05) is 6.07 Å². The Morgan fingerprint density at radius 3 is 2.38 bits per heavy atom. The molecule has 7 N–H and O–H groups in total. The Bertz CT molecular complexity index is 1600. The van der Waals surface area contributed by atoms with Gasteiger partial charge >= 0.3 is 0 Å². The summed E-state index contributed by atoms with van der Waals surface area (Å²) in [6.07, 6.45) is -0.636. The number of primary amides is 1. The van der Waals surface area contributed by atoms with Gasteiger partial charge in [0.1, 0.15) is 11.7 Å². The lowest BCUT2D eigenvalue weighted by molar-refractivity contribution is -0.166. The molecule has 206 valence electrons. The Kier molecular flexibility index (Phi) is 5.86. The van der Waals surface area contributed by atoms with E-state index in [-0.39, 0.29) is 12.0 Å². The summed E-state index contributed by atoms with van der Waals surface area (Å²) < 4.78 is 0. The van der Waals surface area contributed by atoms with Gasteiger partial charge < -0.3 is 22.3 Å². The number of aryl methyl sites for hydroxylation is 1. The number of aromatic hydroxyl groups is 1. The molecule has 2 fully saturated rings. The van der Waals surface area contributed by atoms with Crippen LogP contribution in [0.4, 0.5) is 0 Å². The number of Topliss-reactive ketones (excluding diaryl/α,β-unsaturated/α-hetero) is 4. The predicted octanol–water partition coefficient (Wildman–Crippen LogP) is -0.821. The van der Waals surface area contributed by atoms with Crippen LogP contribution < -0.4 is 17.2 Å². The van der Waals surface area contributed by atoms with Crippen molar-refractivity contribution in [3.63, 3.8) is 0 Å². The molecule has 12 nitrogen and oxygen atoms in total. The van der Waals surface area contributed by atoms with Crippen molar-refractivity contribution < 1.29 is 29.1 Å². The van der Waals surface area contributed by atoms with Crippen molar-refractivity contribution in [2.24, 2.45) is 34.5 Å². The van der Waals surface area contributed by atoms with Gasteiger partial charge in [-0.3, -0.25) is 33.9 Å². The molecule has 1 amide bonds. The Labute approximate surface area is 229 Å². The quantitative estimate of drug-likeness (QED) is 0.349. The molecular formula is C28H28N6O6. The lowest BCUT2D eigenvalue weighted by Crippen LogP contribution is -2.85. The summed E-state index contributed by atoms with van der Waals surface area (Å²) in [5, 5.41) is 21.2. The van der Waals surface area contributed by atoms with Crippen molar-refractivity contribution in [3.8, 4) is 23.1 Å². The summed E-state index contributed by atoms with van der Waals surface area (Å²) in [5.74, 6) is -10.0. The van der Waals surface area contributed by atoms with E-state index >= 15 is 0 Å². The molecule has 0 radical (unpaired) electrons. The summed E-state index contributed by atoms with van der Waals surface area (Å²) in [7, 11) is 2.90. The lowest BCUT2D eigenvalue weighted by atomic mass is 9.42. The maximum atomic E-state index is 14.3. The van der Waals surface area contributed by atoms with Crippen LogP contribution in [0.5, 0.6) is 5.75 Å². The minimum Gasteiger partial charge on any atom is -0.507 e. The summed E-state index contributed by atoms with van der Waals surface area (Å²) in [6.45, 7) is 1.79. The van der Waals surface area contributed by atoms with E-state index in [2.05, 4.69) is 4.98 Å². The number of carbonyl (C=O) groups excluding carboxylic acids is 5. The molecule has 1 heterocycles. The Balaban J connectivity index is 1.78. The molecule has 2 saturated carbocycles. The summed E-state index contributed by atoms with van der Waals surface area (Å²) in [4.78, 5) is 73.7. The van der Waals surface area contributed by atoms with Crippen LogP contribution >= 0.6 is 0 Å². The zero-order valence-electron chi connectivity index (χ0n) is 22.1. The third-order valence-corrected chi connectivity index (χ3v) is 8.64. The fourth-order valence-corrected chi connectivity index (χ4v) is 7.14. The highest BCUT2D eigenvalue weighted by Gasteiger charge is 2.78. The van der Waals surface area contributed by atoms with Crippen LogP contribution in [-0.2, 0) is 25.6 Å². The average molecular weight is 545 g/mol. The van der Waals surface area contributed by atoms with Crippen LogP contribution in [0.15, 0.2) is 30.3 Å². The van der Waals surface area contributed by atoms with Gasteiger partial charge in [0, 0.05) is 16.8 Å². The van der Waals surface area contributed by atoms with E-state index in [0.29, 0.717) is 22.5 Å². The predicted molar refractivity (Wildman–Crippen MR) is 139 cm³/mol. The van der Waals surface area contributed by atoms with Crippen molar-refractivity contribution in [1.82, 2.24) is 9.88 Å². The van der Waals surface area contributed by atoms with Gasteiger partial charge in [-0.05, 0) is 63.7 Å². The number of aromatic nitrogens is 1. The van der Waals surface area contributed by atoms with Gasteiger partial charge in [-0.2, -0.15) is 5.26 Å². The van der Waals surface area contributed by atoms with Gasteiger partial charge in [0.2, 0.25) is 5.91 Å². The highest BCUT2D eigenvalue weighted by molar-refractivity contribution is 6.33. The van der Waals surface area contributed by atoms with Crippen molar-refractivity contribution in [2.75, 3.05) is 14.1 Å². The number of nitrogens with two attached hydrogens (primary N) is 3. The van der Waals surface area contributed by atoms with Gasteiger partial charge in [-0.25, -0.2) is 0 Å². The molecule has 40 heavy (non-hydrogen) atoms. The number of benzene rings is 1. The maximum absolute atomic E-state index is 14.3. The molecule has 3 aliphatic carbocycles. The molecule has 2 aromatic rings. The first kappa shape index (κ1) is 27.3. The fraction of sp³-hybridized carbons (Fsp3) is 0.393. The van der Waals surface area contributed by atoms with Crippen molar-refractivity contribution >= 4 is 29.0 Å². The van der Waals surface area contributed by atoms with Crippen LogP contribution in [0.3, 0.4) is 0 Å². The third kappa shape index (κ3) is 3.22. The van der Waals surface area contributed by atoms with E-state index < -0.39 is 75.6 Å². The van der Waals surface area contributed by atoms with Crippen LogP contribution in [0.1, 0.15) is 28.0 Å². The molecular weight excluding hydrogens is 516 g/mol. The Morgan fingerprint density at radius 2 is 1.80 bits per heavy atom. The number of rotatable bonds is 3. The standard InChI is InChI=1S/C28H28N6O6/c1-12-5-4-6-15(33-12)13-7-8-16(35)17-14(13)9-26(31)10-28(32)22(34(2)3)21(37)18(25(30)40)23(38)27(28,11-29)24(39)19(26)20(17)36/h4-8,18-19,22,35H,9-10,31-32H2,1-3H3,(H2,30,40)/t18?,19?,22-,26-,27+,28-/m1/s1. The van der Waals surface area contributed by atoms with Crippen molar-refractivity contribution in [1.29, 1.82) is 5.26 Å². The minimum atomic E-state index is -2.78.